The number of hydrogen-bond donors (Lipinski definition) is 1. The van der Waals surface area contributed by atoms with Gasteiger partial charge in [0.25, 0.3) is 0 Å². The average Bonchev–Trinajstić information content (AvgIpc) is 2.57. The Kier molecular flexibility index (Phi) is 2.29. The van der Waals surface area contributed by atoms with Crippen molar-refractivity contribution in [2.24, 2.45) is 0 Å². The summed E-state index contributed by atoms with van der Waals surface area (Å²) < 4.78 is 5.75. The number of rotatable bonds is 1. The number of aromatic hydroxyl groups is 1. The van der Waals surface area contributed by atoms with Crippen molar-refractivity contribution < 1.29 is 9.52 Å². The number of halogens is 1. The van der Waals surface area contributed by atoms with E-state index in [0.717, 1.165) is 17.0 Å². The maximum absolute atomic E-state index is 9.48. The molecule has 0 radical (unpaired) electrons. The Morgan fingerprint density at radius 3 is 2.79 bits per heavy atom. The van der Waals surface area contributed by atoms with Crippen molar-refractivity contribution in [2.45, 2.75) is 6.92 Å². The molecule has 4 heteroatoms. The molecule has 0 fully saturated rings. The van der Waals surface area contributed by atoms with E-state index in [9.17, 15) is 5.11 Å². The lowest BCUT2D eigenvalue weighted by Gasteiger charge is -2.00. The molecule has 0 saturated carbocycles. The second-order valence-electron chi connectivity index (χ2n) is 2.92. The first-order valence-corrected chi connectivity index (χ1v) is 4.87. The second-order valence-corrected chi connectivity index (χ2v) is 3.78. The van der Waals surface area contributed by atoms with Gasteiger partial charge < -0.3 is 9.52 Å². The lowest BCUT2D eigenvalue weighted by atomic mass is 10.1. The molecule has 1 heterocycles. The van der Waals surface area contributed by atoms with Gasteiger partial charge in [-0.05, 0) is 35.0 Å². The van der Waals surface area contributed by atoms with Crippen LogP contribution in [0.2, 0.25) is 0 Å². The first-order valence-electron chi connectivity index (χ1n) is 4.07. The van der Waals surface area contributed by atoms with Gasteiger partial charge in [-0.25, -0.2) is 4.98 Å². The highest BCUT2D eigenvalue weighted by Crippen LogP contribution is 2.30. The van der Waals surface area contributed by atoms with E-state index < -0.39 is 0 Å². The topological polar surface area (TPSA) is 46.3 Å². The molecule has 0 amide bonds. The highest BCUT2D eigenvalue weighted by Gasteiger charge is 2.08. The third kappa shape index (κ3) is 1.53. The minimum Gasteiger partial charge on any atom is -0.507 e. The Balaban J connectivity index is 2.53. The normalized spacial score (nSPS) is 10.4. The van der Waals surface area contributed by atoms with E-state index in [1.165, 1.54) is 6.39 Å². The molecule has 0 bridgehead atoms. The quantitative estimate of drug-likeness (QED) is 0.850. The van der Waals surface area contributed by atoms with E-state index in [4.69, 9.17) is 4.42 Å². The minimum atomic E-state index is 0.199. The number of nitrogens with zero attached hydrogens (tertiary/aromatic N) is 1. The highest BCUT2D eigenvalue weighted by molar-refractivity contribution is 9.10. The van der Waals surface area contributed by atoms with Crippen LogP contribution in [0.25, 0.3) is 11.3 Å². The molecular weight excluding hydrogens is 246 g/mol. The number of hydrogen-bond acceptors (Lipinski definition) is 3. The van der Waals surface area contributed by atoms with Crippen molar-refractivity contribution in [3.63, 3.8) is 0 Å². The van der Waals surface area contributed by atoms with Crippen LogP contribution in [0.5, 0.6) is 5.75 Å². The van der Waals surface area contributed by atoms with Gasteiger partial charge in [-0.3, -0.25) is 0 Å². The van der Waals surface area contributed by atoms with Gasteiger partial charge in [0.05, 0.1) is 4.47 Å². The van der Waals surface area contributed by atoms with Crippen LogP contribution in [0.15, 0.2) is 33.5 Å². The highest BCUT2D eigenvalue weighted by atomic mass is 79.9. The minimum absolute atomic E-state index is 0.199. The van der Waals surface area contributed by atoms with Gasteiger partial charge in [0.1, 0.15) is 17.2 Å². The summed E-state index contributed by atoms with van der Waals surface area (Å²) in [5.74, 6) is 0.941. The Bertz CT molecular complexity index is 465. The molecule has 2 rings (SSSR count). The Hall–Kier alpha value is -1.29. The summed E-state index contributed by atoms with van der Waals surface area (Å²) >= 11 is 3.22. The Morgan fingerprint density at radius 1 is 1.43 bits per heavy atom. The van der Waals surface area contributed by atoms with Gasteiger partial charge in [0.15, 0.2) is 6.39 Å². The maximum Gasteiger partial charge on any atom is 0.181 e. The van der Waals surface area contributed by atoms with E-state index >= 15 is 0 Å². The van der Waals surface area contributed by atoms with Gasteiger partial charge in [0.2, 0.25) is 0 Å². The van der Waals surface area contributed by atoms with Crippen molar-refractivity contribution in [3.05, 3.63) is 34.8 Å². The van der Waals surface area contributed by atoms with E-state index in [1.807, 2.05) is 13.0 Å². The van der Waals surface area contributed by atoms with Crippen LogP contribution in [-0.4, -0.2) is 10.1 Å². The van der Waals surface area contributed by atoms with Crippen LogP contribution in [0.3, 0.4) is 0 Å². The summed E-state index contributed by atoms with van der Waals surface area (Å²) in [4.78, 5) is 4.06. The summed E-state index contributed by atoms with van der Waals surface area (Å²) in [6.45, 7) is 1.83. The third-order valence-corrected chi connectivity index (χ3v) is 2.63. The number of oxazole rings is 1. The van der Waals surface area contributed by atoms with Crippen LogP contribution >= 0.6 is 15.9 Å². The molecule has 72 valence electrons. The lowest BCUT2D eigenvalue weighted by molar-refractivity contribution is 0.472. The van der Waals surface area contributed by atoms with E-state index in [2.05, 4.69) is 20.9 Å². The largest absolute Gasteiger partial charge is 0.507 e. The van der Waals surface area contributed by atoms with Crippen molar-refractivity contribution in [1.29, 1.82) is 0 Å². The van der Waals surface area contributed by atoms with E-state index in [0.29, 0.717) is 4.47 Å². The molecule has 0 aliphatic carbocycles. The summed E-state index contributed by atoms with van der Waals surface area (Å²) in [7, 11) is 0. The fourth-order valence-corrected chi connectivity index (χ4v) is 1.49. The Labute approximate surface area is 89.5 Å². The molecule has 0 saturated heterocycles. The van der Waals surface area contributed by atoms with Gasteiger partial charge in [-0.2, -0.15) is 0 Å². The summed E-state index contributed by atoms with van der Waals surface area (Å²) in [6.07, 6.45) is 1.39. The third-order valence-electron chi connectivity index (χ3n) is 1.96. The summed E-state index contributed by atoms with van der Waals surface area (Å²) in [5, 5.41) is 9.48. The molecule has 0 unspecified atom stereocenters. The molecule has 0 spiro atoms. The predicted molar refractivity (Wildman–Crippen MR) is 56.0 cm³/mol. The first-order chi connectivity index (χ1) is 6.68. The van der Waals surface area contributed by atoms with Crippen LogP contribution in [0.4, 0.5) is 0 Å². The number of aromatic nitrogens is 1. The molecule has 1 N–H and O–H groups in total. The average molecular weight is 254 g/mol. The number of phenolic OH excluding ortho intramolecular Hbond substituents is 1. The monoisotopic (exact) mass is 253 g/mol. The molecule has 0 aliphatic rings. The first kappa shape index (κ1) is 9.27. The van der Waals surface area contributed by atoms with Gasteiger partial charge in [-0.1, -0.05) is 6.07 Å². The van der Waals surface area contributed by atoms with Crippen LogP contribution in [-0.2, 0) is 0 Å². The molecule has 1 aromatic carbocycles. The van der Waals surface area contributed by atoms with Crippen LogP contribution in [0, 0.1) is 6.92 Å². The van der Waals surface area contributed by atoms with Crippen molar-refractivity contribution in [1.82, 2.24) is 4.98 Å². The zero-order valence-corrected chi connectivity index (χ0v) is 9.08. The number of benzene rings is 1. The molecule has 0 atom stereocenters. The van der Waals surface area contributed by atoms with Crippen LogP contribution in [0.1, 0.15) is 5.76 Å². The zero-order chi connectivity index (χ0) is 10.1. The van der Waals surface area contributed by atoms with E-state index in [-0.39, 0.29) is 5.75 Å². The van der Waals surface area contributed by atoms with Crippen molar-refractivity contribution >= 4 is 15.9 Å². The zero-order valence-electron chi connectivity index (χ0n) is 7.49. The lowest BCUT2D eigenvalue weighted by Crippen LogP contribution is -1.80. The van der Waals surface area contributed by atoms with Gasteiger partial charge >= 0.3 is 0 Å². The van der Waals surface area contributed by atoms with Gasteiger partial charge in [0, 0.05) is 5.56 Å². The van der Waals surface area contributed by atoms with Crippen molar-refractivity contribution in [2.75, 3.05) is 0 Å². The number of phenols is 1. The molecule has 1 aromatic heterocycles. The fourth-order valence-electron chi connectivity index (χ4n) is 1.24. The summed E-state index contributed by atoms with van der Waals surface area (Å²) in [6, 6.07) is 5.29. The predicted octanol–water partition coefficient (Wildman–Crippen LogP) is 3.12. The van der Waals surface area contributed by atoms with Crippen LogP contribution < -0.4 is 0 Å². The SMILES string of the molecule is Cc1ocnc1-c1ccc(Br)c(O)c1. The van der Waals surface area contributed by atoms with Gasteiger partial charge in [-0.15, -0.1) is 0 Å². The number of aryl methyl sites for hydroxylation is 1. The Morgan fingerprint density at radius 2 is 2.21 bits per heavy atom. The maximum atomic E-state index is 9.48. The summed E-state index contributed by atoms with van der Waals surface area (Å²) in [5.41, 5.74) is 1.60. The molecule has 14 heavy (non-hydrogen) atoms. The van der Waals surface area contributed by atoms with Crippen molar-refractivity contribution in [3.8, 4) is 17.0 Å². The fraction of sp³-hybridized carbons (Fsp3) is 0.100. The molecular formula is C10H8BrNO2. The standard InChI is InChI=1S/C10H8BrNO2/c1-6-10(12-5-14-6)7-2-3-8(11)9(13)4-7/h2-5,13H,1H3. The second kappa shape index (κ2) is 3.46. The molecule has 3 nitrogen and oxygen atoms in total. The molecule has 2 aromatic rings. The van der Waals surface area contributed by atoms with E-state index in [1.54, 1.807) is 12.1 Å². The smallest absolute Gasteiger partial charge is 0.181 e. The molecule has 0 aliphatic heterocycles.